The Hall–Kier alpha value is -3.32. The molecule has 0 saturated heterocycles. The highest BCUT2D eigenvalue weighted by atomic mass is 32.2. The third kappa shape index (κ3) is 5.24. The molecule has 0 N–H and O–H groups in total. The second kappa shape index (κ2) is 9.66. The molecular weight excluding hydrogens is 414 g/mol. The van der Waals surface area contributed by atoms with Crippen molar-refractivity contribution >= 4 is 21.6 Å². The Bertz CT molecular complexity index is 1140. The molecule has 0 aromatic heterocycles. The molecular formula is C24H25NO5S. The average Bonchev–Trinajstić information content (AvgIpc) is 2.78. The minimum Gasteiger partial charge on any atom is -0.497 e. The lowest BCUT2D eigenvalue weighted by Crippen LogP contribution is -2.40. The van der Waals surface area contributed by atoms with Gasteiger partial charge in [-0.25, -0.2) is 8.42 Å². The molecule has 3 rings (SSSR count). The van der Waals surface area contributed by atoms with E-state index < -0.39 is 22.5 Å². The fourth-order valence-electron chi connectivity index (χ4n) is 2.99. The van der Waals surface area contributed by atoms with E-state index in [1.807, 2.05) is 26.0 Å². The molecule has 0 unspecified atom stereocenters. The van der Waals surface area contributed by atoms with Crippen molar-refractivity contribution in [3.63, 3.8) is 0 Å². The predicted octanol–water partition coefficient (Wildman–Crippen LogP) is 4.37. The van der Waals surface area contributed by atoms with E-state index in [4.69, 9.17) is 9.47 Å². The van der Waals surface area contributed by atoms with Gasteiger partial charge in [-0.2, -0.15) is 4.31 Å². The van der Waals surface area contributed by atoms with Crippen LogP contribution >= 0.6 is 0 Å². The molecule has 0 aliphatic heterocycles. The van der Waals surface area contributed by atoms with Crippen molar-refractivity contribution in [2.45, 2.75) is 25.2 Å². The summed E-state index contributed by atoms with van der Waals surface area (Å²) in [5.74, 6) is 0.276. The van der Waals surface area contributed by atoms with Gasteiger partial charge in [0.05, 0.1) is 17.7 Å². The Kier molecular flexibility index (Phi) is 6.97. The maximum atomic E-state index is 13.4. The zero-order chi connectivity index (χ0) is 22.4. The Labute approximate surface area is 183 Å². The topological polar surface area (TPSA) is 72.9 Å². The molecule has 0 fully saturated rings. The molecule has 7 heteroatoms. The highest BCUT2D eigenvalue weighted by molar-refractivity contribution is 7.93. The first-order valence-corrected chi connectivity index (χ1v) is 11.3. The lowest BCUT2D eigenvalue weighted by Gasteiger charge is -2.23. The molecule has 3 aromatic rings. The van der Waals surface area contributed by atoms with Crippen LogP contribution in [0.25, 0.3) is 0 Å². The molecule has 0 spiro atoms. The van der Waals surface area contributed by atoms with Gasteiger partial charge in [0.15, 0.2) is 6.61 Å². The molecule has 0 aliphatic rings. The number of aryl methyl sites for hydroxylation is 2. The van der Waals surface area contributed by atoms with Crippen molar-refractivity contribution < 1.29 is 22.7 Å². The summed E-state index contributed by atoms with van der Waals surface area (Å²) in [4.78, 5) is 13.1. The Balaban J connectivity index is 1.94. The Morgan fingerprint density at radius 2 is 1.58 bits per heavy atom. The van der Waals surface area contributed by atoms with E-state index in [9.17, 15) is 13.2 Å². The first-order valence-electron chi connectivity index (χ1n) is 9.85. The molecule has 0 radical (unpaired) electrons. The number of hydrogen-bond acceptors (Lipinski definition) is 5. The van der Waals surface area contributed by atoms with Crippen LogP contribution in [-0.4, -0.2) is 28.0 Å². The molecule has 0 aliphatic carbocycles. The lowest BCUT2D eigenvalue weighted by atomic mass is 10.1. The zero-order valence-corrected chi connectivity index (χ0v) is 18.6. The van der Waals surface area contributed by atoms with Gasteiger partial charge in [0.2, 0.25) is 0 Å². The summed E-state index contributed by atoms with van der Waals surface area (Å²) in [6.45, 7) is 3.42. The second-order valence-corrected chi connectivity index (χ2v) is 8.75. The number of hydrogen-bond donors (Lipinski definition) is 0. The molecule has 3 aromatic carbocycles. The van der Waals surface area contributed by atoms with E-state index in [1.54, 1.807) is 48.5 Å². The molecule has 6 nitrogen and oxygen atoms in total. The fourth-order valence-corrected chi connectivity index (χ4v) is 4.41. The number of nitrogens with zero attached hydrogens (tertiary/aromatic N) is 1. The van der Waals surface area contributed by atoms with Crippen molar-refractivity contribution in [3.8, 4) is 11.5 Å². The highest BCUT2D eigenvalue weighted by Gasteiger charge is 2.31. The fraction of sp³-hybridized carbons (Fsp3) is 0.208. The number of ether oxygens (including phenoxy) is 2. The maximum Gasteiger partial charge on any atom is 0.278 e. The number of anilines is 1. The second-order valence-electron chi connectivity index (χ2n) is 6.96. The number of carbonyl (C=O) groups is 1. The molecule has 162 valence electrons. The van der Waals surface area contributed by atoms with Gasteiger partial charge in [-0.1, -0.05) is 42.8 Å². The molecule has 0 saturated carbocycles. The van der Waals surface area contributed by atoms with E-state index >= 15 is 0 Å². The van der Waals surface area contributed by atoms with E-state index in [0.29, 0.717) is 11.5 Å². The van der Waals surface area contributed by atoms with Crippen LogP contribution in [0.5, 0.6) is 11.5 Å². The van der Waals surface area contributed by atoms with Crippen LogP contribution in [0.1, 0.15) is 18.1 Å². The van der Waals surface area contributed by atoms with Gasteiger partial charge >= 0.3 is 0 Å². The van der Waals surface area contributed by atoms with Gasteiger partial charge in [-0.05, 0) is 55.3 Å². The number of amides is 1. The maximum absolute atomic E-state index is 13.4. The Morgan fingerprint density at radius 1 is 0.935 bits per heavy atom. The monoisotopic (exact) mass is 439 g/mol. The van der Waals surface area contributed by atoms with Crippen molar-refractivity contribution in [3.05, 3.63) is 83.9 Å². The van der Waals surface area contributed by atoms with E-state index in [1.165, 1.54) is 19.2 Å². The normalized spacial score (nSPS) is 11.1. The standard InChI is InChI=1S/C24H25NO5S/c1-4-19-10-12-20(13-11-19)25(31(27,28)23-14-8-18(2)9-15-23)24(26)17-30-22-7-5-6-21(16-22)29-3/h5-16H,4,17H2,1-3H3. The first kappa shape index (κ1) is 22.4. The summed E-state index contributed by atoms with van der Waals surface area (Å²) in [7, 11) is -2.60. The molecule has 0 bridgehead atoms. The van der Waals surface area contributed by atoms with Crippen LogP contribution in [0.15, 0.2) is 77.7 Å². The third-order valence-corrected chi connectivity index (χ3v) is 6.53. The molecule has 0 heterocycles. The average molecular weight is 440 g/mol. The first-order chi connectivity index (χ1) is 14.8. The van der Waals surface area contributed by atoms with Gasteiger partial charge in [0.1, 0.15) is 11.5 Å². The van der Waals surface area contributed by atoms with Crippen LogP contribution in [0.2, 0.25) is 0 Å². The summed E-state index contributed by atoms with van der Waals surface area (Å²) in [6, 6.07) is 20.0. The van der Waals surface area contributed by atoms with Gasteiger partial charge < -0.3 is 9.47 Å². The molecule has 31 heavy (non-hydrogen) atoms. The molecule has 1 amide bonds. The summed E-state index contributed by atoms with van der Waals surface area (Å²) in [5, 5.41) is 0. The van der Waals surface area contributed by atoms with E-state index in [0.717, 1.165) is 21.9 Å². The van der Waals surface area contributed by atoms with Crippen molar-refractivity contribution in [1.82, 2.24) is 0 Å². The summed E-state index contributed by atoms with van der Waals surface area (Å²) < 4.78 is 38.3. The van der Waals surface area contributed by atoms with Crippen LogP contribution < -0.4 is 13.8 Å². The minimum absolute atomic E-state index is 0.0346. The van der Waals surface area contributed by atoms with Gasteiger partial charge in [0, 0.05) is 6.07 Å². The number of benzene rings is 3. The van der Waals surface area contributed by atoms with Crippen molar-refractivity contribution in [1.29, 1.82) is 0 Å². The van der Waals surface area contributed by atoms with Gasteiger partial charge in [-0.3, -0.25) is 4.79 Å². The summed E-state index contributed by atoms with van der Waals surface area (Å²) in [6.07, 6.45) is 0.803. The quantitative estimate of drug-likeness (QED) is 0.521. The number of methoxy groups -OCH3 is 1. The van der Waals surface area contributed by atoms with Crippen LogP contribution in [0.3, 0.4) is 0 Å². The lowest BCUT2D eigenvalue weighted by molar-refractivity contribution is -0.119. The van der Waals surface area contributed by atoms with Crippen LogP contribution in [-0.2, 0) is 21.2 Å². The van der Waals surface area contributed by atoms with Crippen molar-refractivity contribution in [2.24, 2.45) is 0 Å². The SMILES string of the molecule is CCc1ccc(N(C(=O)COc2cccc(OC)c2)S(=O)(=O)c2ccc(C)cc2)cc1. The number of sulfonamides is 1. The van der Waals surface area contributed by atoms with Crippen LogP contribution in [0.4, 0.5) is 5.69 Å². The number of carbonyl (C=O) groups excluding carboxylic acids is 1. The minimum atomic E-state index is -4.13. The van der Waals surface area contributed by atoms with Gasteiger partial charge in [0.25, 0.3) is 15.9 Å². The highest BCUT2D eigenvalue weighted by Crippen LogP contribution is 2.26. The Morgan fingerprint density at radius 3 is 2.19 bits per heavy atom. The van der Waals surface area contributed by atoms with Crippen molar-refractivity contribution in [2.75, 3.05) is 18.0 Å². The van der Waals surface area contributed by atoms with E-state index in [-0.39, 0.29) is 10.6 Å². The van der Waals surface area contributed by atoms with Gasteiger partial charge in [-0.15, -0.1) is 0 Å². The largest absolute Gasteiger partial charge is 0.497 e. The predicted molar refractivity (Wildman–Crippen MR) is 120 cm³/mol. The van der Waals surface area contributed by atoms with Crippen LogP contribution in [0, 0.1) is 6.92 Å². The molecule has 0 atom stereocenters. The summed E-state index contributed by atoms with van der Waals surface area (Å²) in [5.41, 5.74) is 2.22. The van der Waals surface area contributed by atoms with E-state index in [2.05, 4.69) is 0 Å². The zero-order valence-electron chi connectivity index (χ0n) is 17.7. The summed E-state index contributed by atoms with van der Waals surface area (Å²) >= 11 is 0. The number of rotatable bonds is 8. The third-order valence-electron chi connectivity index (χ3n) is 4.77. The smallest absolute Gasteiger partial charge is 0.278 e.